The molecular formula is C19H27NO5. The molecule has 0 bridgehead atoms. The van der Waals surface area contributed by atoms with Crippen LogP contribution in [-0.2, 0) is 4.79 Å². The van der Waals surface area contributed by atoms with Crippen LogP contribution in [-0.4, -0.2) is 36.2 Å². The summed E-state index contributed by atoms with van der Waals surface area (Å²) in [5.41, 5.74) is 0.352. The molecule has 0 unspecified atom stereocenters. The van der Waals surface area contributed by atoms with E-state index in [-0.39, 0.29) is 12.0 Å². The molecule has 1 amide bonds. The molecule has 1 aliphatic carbocycles. The molecule has 1 saturated carbocycles. The Kier molecular flexibility index (Phi) is 6.67. The predicted octanol–water partition coefficient (Wildman–Crippen LogP) is 3.25. The topological polar surface area (TPSA) is 84.9 Å². The summed E-state index contributed by atoms with van der Waals surface area (Å²) in [5, 5.41) is 11.8. The highest BCUT2D eigenvalue weighted by atomic mass is 16.5. The summed E-state index contributed by atoms with van der Waals surface area (Å²) in [6.07, 6.45) is 4.96. The third-order valence-electron chi connectivity index (χ3n) is 4.33. The van der Waals surface area contributed by atoms with Gasteiger partial charge in [0.2, 0.25) is 0 Å². The fourth-order valence-corrected chi connectivity index (χ4v) is 3.03. The average molecular weight is 349 g/mol. The van der Waals surface area contributed by atoms with Crippen LogP contribution in [0, 0.1) is 5.92 Å². The van der Waals surface area contributed by atoms with Crippen molar-refractivity contribution in [1.29, 1.82) is 0 Å². The van der Waals surface area contributed by atoms with Gasteiger partial charge in [-0.05, 0) is 56.2 Å². The molecule has 0 aromatic heterocycles. The number of carboxylic acid groups (broad SMARTS) is 1. The lowest BCUT2D eigenvalue weighted by molar-refractivity contribution is -0.139. The van der Waals surface area contributed by atoms with Gasteiger partial charge in [-0.2, -0.15) is 0 Å². The minimum atomic E-state index is -1.03. The minimum absolute atomic E-state index is 0.165. The zero-order valence-corrected chi connectivity index (χ0v) is 15.1. The first-order chi connectivity index (χ1) is 11.9. The molecule has 6 nitrogen and oxygen atoms in total. The van der Waals surface area contributed by atoms with Crippen molar-refractivity contribution in [2.45, 2.75) is 58.1 Å². The molecule has 0 spiro atoms. The van der Waals surface area contributed by atoms with Crippen molar-refractivity contribution in [3.63, 3.8) is 0 Å². The molecule has 0 radical (unpaired) electrons. The molecule has 1 fully saturated rings. The molecule has 1 aromatic carbocycles. The fraction of sp³-hybridized carbons (Fsp3) is 0.579. The van der Waals surface area contributed by atoms with Gasteiger partial charge in [-0.25, -0.2) is 4.79 Å². The van der Waals surface area contributed by atoms with Gasteiger partial charge in [-0.15, -0.1) is 0 Å². The van der Waals surface area contributed by atoms with Gasteiger partial charge in [0.1, 0.15) is 6.04 Å². The van der Waals surface area contributed by atoms with Crippen LogP contribution in [0.4, 0.5) is 0 Å². The number of carbonyl (C=O) groups excluding carboxylic acids is 1. The summed E-state index contributed by atoms with van der Waals surface area (Å²) < 4.78 is 11.3. The lowest BCUT2D eigenvalue weighted by Crippen LogP contribution is -2.41. The number of carboxylic acids is 1. The van der Waals surface area contributed by atoms with Crippen LogP contribution in [0.25, 0.3) is 0 Å². The predicted molar refractivity (Wildman–Crippen MR) is 94.2 cm³/mol. The molecule has 6 heteroatoms. The van der Waals surface area contributed by atoms with Crippen molar-refractivity contribution in [1.82, 2.24) is 5.32 Å². The van der Waals surface area contributed by atoms with Crippen LogP contribution in [0.3, 0.4) is 0 Å². The van der Waals surface area contributed by atoms with E-state index in [2.05, 4.69) is 5.32 Å². The highest BCUT2D eigenvalue weighted by Gasteiger charge is 2.23. The van der Waals surface area contributed by atoms with Gasteiger partial charge in [0.15, 0.2) is 11.5 Å². The lowest BCUT2D eigenvalue weighted by atomic mass is 10.0. The highest BCUT2D eigenvalue weighted by molar-refractivity contribution is 5.97. The molecule has 138 valence electrons. The number of hydrogen-bond donors (Lipinski definition) is 2. The summed E-state index contributed by atoms with van der Waals surface area (Å²) in [5.74, 6) is -0.203. The smallest absolute Gasteiger partial charge is 0.326 e. The Morgan fingerprint density at radius 2 is 1.92 bits per heavy atom. The Morgan fingerprint density at radius 1 is 1.24 bits per heavy atom. The lowest BCUT2D eigenvalue weighted by Gasteiger charge is -2.18. The number of nitrogens with one attached hydrogen (secondary N) is 1. The number of amides is 1. The van der Waals surface area contributed by atoms with E-state index >= 15 is 0 Å². The van der Waals surface area contributed by atoms with Crippen molar-refractivity contribution in [3.05, 3.63) is 23.8 Å². The Labute approximate surface area is 148 Å². The van der Waals surface area contributed by atoms with Crippen molar-refractivity contribution >= 4 is 11.9 Å². The van der Waals surface area contributed by atoms with E-state index < -0.39 is 17.9 Å². The molecule has 1 atom stereocenters. The van der Waals surface area contributed by atoms with Gasteiger partial charge >= 0.3 is 5.97 Å². The number of aliphatic carboxylic acids is 1. The highest BCUT2D eigenvalue weighted by Crippen LogP contribution is 2.32. The number of ether oxygens (including phenoxy) is 2. The number of rotatable bonds is 8. The zero-order valence-electron chi connectivity index (χ0n) is 15.1. The monoisotopic (exact) mass is 349 g/mol. The third-order valence-corrected chi connectivity index (χ3v) is 4.33. The summed E-state index contributed by atoms with van der Waals surface area (Å²) in [4.78, 5) is 23.7. The maximum atomic E-state index is 12.4. The van der Waals surface area contributed by atoms with Crippen molar-refractivity contribution in [2.75, 3.05) is 7.11 Å². The van der Waals surface area contributed by atoms with E-state index in [1.54, 1.807) is 18.2 Å². The van der Waals surface area contributed by atoms with Crippen molar-refractivity contribution in [2.24, 2.45) is 5.92 Å². The summed E-state index contributed by atoms with van der Waals surface area (Å²) in [7, 11) is 1.53. The molecule has 25 heavy (non-hydrogen) atoms. The van der Waals surface area contributed by atoms with E-state index in [0.717, 1.165) is 12.8 Å². The average Bonchev–Trinajstić information content (AvgIpc) is 3.07. The van der Waals surface area contributed by atoms with Gasteiger partial charge in [-0.1, -0.05) is 13.8 Å². The van der Waals surface area contributed by atoms with E-state index in [1.807, 2.05) is 13.8 Å². The molecule has 1 aliphatic rings. The van der Waals surface area contributed by atoms with E-state index in [4.69, 9.17) is 9.47 Å². The zero-order chi connectivity index (χ0) is 18.4. The second-order valence-electron chi connectivity index (χ2n) is 6.88. The van der Waals surface area contributed by atoms with Crippen LogP contribution < -0.4 is 14.8 Å². The number of carbonyl (C=O) groups is 2. The fourth-order valence-electron chi connectivity index (χ4n) is 3.03. The Balaban J connectivity index is 2.09. The van der Waals surface area contributed by atoms with Crippen LogP contribution >= 0.6 is 0 Å². The van der Waals surface area contributed by atoms with Crippen molar-refractivity contribution < 1.29 is 24.2 Å². The van der Waals surface area contributed by atoms with Gasteiger partial charge in [0, 0.05) is 5.56 Å². The van der Waals surface area contributed by atoms with E-state index in [1.165, 1.54) is 20.0 Å². The van der Waals surface area contributed by atoms with Crippen LogP contribution in [0.5, 0.6) is 11.5 Å². The third kappa shape index (κ3) is 5.37. The number of hydrogen-bond acceptors (Lipinski definition) is 4. The maximum absolute atomic E-state index is 12.4. The summed E-state index contributed by atoms with van der Waals surface area (Å²) in [6, 6.07) is 4.03. The van der Waals surface area contributed by atoms with Crippen molar-refractivity contribution in [3.8, 4) is 11.5 Å². The number of methoxy groups -OCH3 is 1. The van der Waals surface area contributed by atoms with Gasteiger partial charge in [0.25, 0.3) is 5.91 Å². The quantitative estimate of drug-likeness (QED) is 0.752. The second-order valence-corrected chi connectivity index (χ2v) is 6.88. The molecular weight excluding hydrogens is 322 g/mol. The van der Waals surface area contributed by atoms with Gasteiger partial charge < -0.3 is 19.9 Å². The first-order valence-electron chi connectivity index (χ1n) is 8.79. The molecule has 2 rings (SSSR count). The molecule has 2 N–H and O–H groups in total. The summed E-state index contributed by atoms with van der Waals surface area (Å²) >= 11 is 0. The second kappa shape index (κ2) is 8.74. The normalized spacial score (nSPS) is 15.8. The molecule has 1 aromatic rings. The van der Waals surface area contributed by atoms with E-state index in [9.17, 15) is 14.7 Å². The standard InChI is InChI=1S/C19H27NO5/c1-12(2)10-15(19(22)23)20-18(21)13-8-9-16(17(11-13)24-3)25-14-6-4-5-7-14/h8-9,11-12,14-15H,4-7,10H2,1-3H3,(H,20,21)(H,22,23)/t15-/m0/s1. The molecule has 0 heterocycles. The number of benzene rings is 1. The Morgan fingerprint density at radius 3 is 2.48 bits per heavy atom. The van der Waals surface area contributed by atoms with Gasteiger partial charge in [-0.3, -0.25) is 4.79 Å². The largest absolute Gasteiger partial charge is 0.493 e. The van der Waals surface area contributed by atoms with Crippen LogP contribution in [0.1, 0.15) is 56.3 Å². The maximum Gasteiger partial charge on any atom is 0.326 e. The molecule has 0 saturated heterocycles. The Bertz CT molecular complexity index is 608. The molecule has 0 aliphatic heterocycles. The first-order valence-corrected chi connectivity index (χ1v) is 8.79. The minimum Gasteiger partial charge on any atom is -0.493 e. The van der Waals surface area contributed by atoms with Crippen LogP contribution in [0.15, 0.2) is 18.2 Å². The van der Waals surface area contributed by atoms with Crippen LogP contribution in [0.2, 0.25) is 0 Å². The SMILES string of the molecule is COc1cc(C(=O)N[C@@H](CC(C)C)C(=O)O)ccc1OC1CCCC1. The van der Waals surface area contributed by atoms with E-state index in [0.29, 0.717) is 23.5 Å². The first kappa shape index (κ1) is 19.1. The van der Waals surface area contributed by atoms with Gasteiger partial charge in [0.05, 0.1) is 13.2 Å². The summed E-state index contributed by atoms with van der Waals surface area (Å²) in [6.45, 7) is 3.83. The Hall–Kier alpha value is -2.24.